The Labute approximate surface area is 226 Å². The molecule has 0 saturated carbocycles. The first-order valence-electron chi connectivity index (χ1n) is 10.9. The normalized spacial score (nSPS) is 22.1. The first-order valence-corrected chi connectivity index (χ1v) is 10.9. The van der Waals surface area contributed by atoms with Gasteiger partial charge in [-0.2, -0.15) is 26.3 Å². The van der Waals surface area contributed by atoms with Crippen LogP contribution in [0.15, 0.2) is 42.5 Å². The molecular weight excluding hydrogens is 568 g/mol. The number of hydrogen-bond acceptors (Lipinski definition) is 4. The summed E-state index contributed by atoms with van der Waals surface area (Å²) in [4.78, 5) is 11.4. The first kappa shape index (κ1) is 33.9. The summed E-state index contributed by atoms with van der Waals surface area (Å²) in [5.74, 6) is -2.37. The number of ether oxygens (including phenoxy) is 1. The fraction of sp³-hybridized carbons (Fsp3) is 0.458. The van der Waals surface area contributed by atoms with E-state index in [0.717, 1.165) is 0 Å². The standard InChI is InChI=1S/C24H25F7N2O3.2ClH/c1-12(14-7-15(23(26,27)28)9-16(8-14)24(29,30)31)36-18-11-33-21(22(2,32)10-19(34)35)20(18)13-3-5-17(25)6-4-13;;/h3-9,12,18,20-21,33H,10-11,32H2,1-2H3,(H,34,35);2*1H/t12-,18+,20-,21-,22?;;/m1../s1. The molecule has 5 atom stereocenters. The molecule has 0 aliphatic carbocycles. The van der Waals surface area contributed by atoms with Gasteiger partial charge in [-0.1, -0.05) is 12.1 Å². The highest BCUT2D eigenvalue weighted by molar-refractivity contribution is 5.85. The van der Waals surface area contributed by atoms with Crippen LogP contribution in [0.1, 0.15) is 54.5 Å². The zero-order valence-electron chi connectivity index (χ0n) is 20.1. The SMILES string of the molecule is C[C@@H](O[C@H]1CN[C@@H](C(C)(N)CC(=O)O)[C@@H]1c1ccc(F)cc1)c1cc(C(F)(F)F)cc(C(F)(F)F)c1.Cl.Cl. The van der Waals surface area contributed by atoms with Gasteiger partial charge >= 0.3 is 18.3 Å². The zero-order valence-corrected chi connectivity index (χ0v) is 21.7. The summed E-state index contributed by atoms with van der Waals surface area (Å²) >= 11 is 0. The zero-order chi connectivity index (χ0) is 27.1. The monoisotopic (exact) mass is 594 g/mol. The molecule has 0 bridgehead atoms. The Bertz CT molecular complexity index is 1060. The minimum absolute atomic E-state index is 0. The van der Waals surface area contributed by atoms with E-state index in [-0.39, 0.29) is 43.0 Å². The van der Waals surface area contributed by atoms with Gasteiger partial charge in [0.15, 0.2) is 0 Å². The van der Waals surface area contributed by atoms with Gasteiger partial charge in [-0.3, -0.25) is 4.79 Å². The van der Waals surface area contributed by atoms with Crippen molar-refractivity contribution in [3.05, 3.63) is 70.5 Å². The van der Waals surface area contributed by atoms with Gasteiger partial charge in [-0.25, -0.2) is 4.39 Å². The Balaban J connectivity index is 0.00000361. The summed E-state index contributed by atoms with van der Waals surface area (Å²) in [5.41, 5.74) is 2.25. The van der Waals surface area contributed by atoms with Crippen LogP contribution in [-0.4, -0.2) is 35.3 Å². The third-order valence-electron chi connectivity index (χ3n) is 6.25. The molecule has 1 heterocycles. The van der Waals surface area contributed by atoms with E-state index in [4.69, 9.17) is 10.5 Å². The second kappa shape index (κ2) is 12.4. The molecule has 14 heteroatoms. The summed E-state index contributed by atoms with van der Waals surface area (Å²) in [6.07, 6.45) is -12.5. The fourth-order valence-corrected chi connectivity index (χ4v) is 4.57. The number of alkyl halides is 6. The molecule has 214 valence electrons. The van der Waals surface area contributed by atoms with Crippen LogP contribution >= 0.6 is 24.8 Å². The Morgan fingerprint density at radius 2 is 1.55 bits per heavy atom. The number of rotatable bonds is 7. The number of nitrogens with one attached hydrogen (secondary N) is 1. The molecule has 5 nitrogen and oxygen atoms in total. The minimum atomic E-state index is -5.01. The van der Waals surface area contributed by atoms with Crippen molar-refractivity contribution in [2.75, 3.05) is 6.54 Å². The minimum Gasteiger partial charge on any atom is -0.481 e. The van der Waals surface area contributed by atoms with Gasteiger partial charge in [-0.05, 0) is 55.3 Å². The number of halogens is 9. The molecule has 1 saturated heterocycles. The lowest BCUT2D eigenvalue weighted by Gasteiger charge is -2.36. The highest BCUT2D eigenvalue weighted by Crippen LogP contribution is 2.41. The van der Waals surface area contributed by atoms with E-state index >= 15 is 0 Å². The molecule has 3 rings (SSSR count). The molecule has 0 radical (unpaired) electrons. The van der Waals surface area contributed by atoms with E-state index in [2.05, 4.69) is 5.32 Å². The van der Waals surface area contributed by atoms with Crippen LogP contribution in [0.25, 0.3) is 0 Å². The Hall–Kier alpha value is -2.12. The lowest BCUT2D eigenvalue weighted by molar-refractivity contribution is -0.143. The molecule has 1 aliphatic heterocycles. The van der Waals surface area contributed by atoms with Crippen LogP contribution in [0.3, 0.4) is 0 Å². The maximum Gasteiger partial charge on any atom is 0.416 e. The van der Waals surface area contributed by atoms with Crippen molar-refractivity contribution in [3.63, 3.8) is 0 Å². The number of carboxylic acids is 1. The van der Waals surface area contributed by atoms with Crippen LogP contribution in [0.5, 0.6) is 0 Å². The molecular formula is C24H27Cl2F7N2O3. The third-order valence-corrected chi connectivity index (χ3v) is 6.25. The number of hydrogen-bond donors (Lipinski definition) is 3. The predicted molar refractivity (Wildman–Crippen MR) is 130 cm³/mol. The average Bonchev–Trinajstić information content (AvgIpc) is 3.16. The van der Waals surface area contributed by atoms with Gasteiger partial charge < -0.3 is 20.9 Å². The van der Waals surface area contributed by atoms with E-state index in [1.165, 1.54) is 38.1 Å². The van der Waals surface area contributed by atoms with Crippen molar-refractivity contribution in [3.8, 4) is 0 Å². The van der Waals surface area contributed by atoms with Crippen LogP contribution in [0.2, 0.25) is 0 Å². The highest BCUT2D eigenvalue weighted by atomic mass is 35.5. The van der Waals surface area contributed by atoms with Gasteiger partial charge in [0, 0.05) is 24.0 Å². The number of nitrogens with two attached hydrogens (primary N) is 1. The maximum atomic E-state index is 13.5. The van der Waals surface area contributed by atoms with Crippen LogP contribution < -0.4 is 11.1 Å². The van der Waals surface area contributed by atoms with Crippen LogP contribution in [0.4, 0.5) is 30.7 Å². The van der Waals surface area contributed by atoms with Gasteiger partial charge in [-0.15, -0.1) is 24.8 Å². The van der Waals surface area contributed by atoms with Crippen molar-refractivity contribution in [1.29, 1.82) is 0 Å². The Morgan fingerprint density at radius 1 is 1.05 bits per heavy atom. The van der Waals surface area contributed by atoms with E-state index in [1.807, 2.05) is 0 Å². The van der Waals surface area contributed by atoms with Crippen molar-refractivity contribution in [2.24, 2.45) is 5.73 Å². The number of aliphatic carboxylic acids is 1. The summed E-state index contributed by atoms with van der Waals surface area (Å²) in [7, 11) is 0. The number of carbonyl (C=O) groups is 1. The predicted octanol–water partition coefficient (Wildman–Crippen LogP) is 6.10. The first-order chi connectivity index (χ1) is 16.5. The number of benzene rings is 2. The van der Waals surface area contributed by atoms with Crippen LogP contribution in [-0.2, 0) is 21.9 Å². The molecule has 4 N–H and O–H groups in total. The third kappa shape index (κ3) is 7.95. The molecule has 38 heavy (non-hydrogen) atoms. The van der Waals surface area contributed by atoms with Crippen molar-refractivity contribution >= 4 is 30.8 Å². The van der Waals surface area contributed by atoms with Crippen molar-refractivity contribution in [2.45, 2.75) is 62.3 Å². The molecule has 2 aromatic rings. The number of carboxylic acid groups (broad SMARTS) is 1. The molecule has 0 spiro atoms. The maximum absolute atomic E-state index is 13.5. The topological polar surface area (TPSA) is 84.6 Å². The fourth-order valence-electron chi connectivity index (χ4n) is 4.57. The lowest BCUT2D eigenvalue weighted by Crippen LogP contribution is -2.56. The molecule has 1 unspecified atom stereocenters. The van der Waals surface area contributed by atoms with E-state index in [0.29, 0.717) is 17.7 Å². The van der Waals surface area contributed by atoms with Gasteiger partial charge in [0.25, 0.3) is 0 Å². The van der Waals surface area contributed by atoms with Crippen molar-refractivity contribution in [1.82, 2.24) is 5.32 Å². The van der Waals surface area contributed by atoms with Gasteiger partial charge in [0.05, 0.1) is 29.8 Å². The van der Waals surface area contributed by atoms with Crippen LogP contribution in [0, 0.1) is 5.82 Å². The quantitative estimate of drug-likeness (QED) is 0.337. The molecule has 2 aromatic carbocycles. The molecule has 1 aliphatic rings. The van der Waals surface area contributed by atoms with Gasteiger partial charge in [0.1, 0.15) is 5.82 Å². The largest absolute Gasteiger partial charge is 0.481 e. The Morgan fingerprint density at radius 3 is 2.00 bits per heavy atom. The summed E-state index contributed by atoms with van der Waals surface area (Å²) in [6.45, 7) is 2.90. The molecule has 0 amide bonds. The lowest BCUT2D eigenvalue weighted by atomic mass is 9.78. The summed E-state index contributed by atoms with van der Waals surface area (Å²) in [5, 5.41) is 12.4. The van der Waals surface area contributed by atoms with E-state index in [9.17, 15) is 40.6 Å². The summed E-state index contributed by atoms with van der Waals surface area (Å²) < 4.78 is 99.3. The van der Waals surface area contributed by atoms with E-state index in [1.54, 1.807) is 0 Å². The second-order valence-corrected chi connectivity index (χ2v) is 9.20. The van der Waals surface area contributed by atoms with Gasteiger partial charge in [0.2, 0.25) is 0 Å². The molecule has 0 aromatic heterocycles. The van der Waals surface area contributed by atoms with E-state index < -0.39 is 71.4 Å². The smallest absolute Gasteiger partial charge is 0.416 e. The Kier molecular flexibility index (Phi) is 11.0. The molecule has 1 fully saturated rings. The second-order valence-electron chi connectivity index (χ2n) is 9.20. The average molecular weight is 595 g/mol. The summed E-state index contributed by atoms with van der Waals surface area (Å²) in [6, 6.07) is 5.79. The highest BCUT2D eigenvalue weighted by Gasteiger charge is 2.47. The van der Waals surface area contributed by atoms with Crippen molar-refractivity contribution < 1.29 is 45.4 Å².